The van der Waals surface area contributed by atoms with Gasteiger partial charge in [-0.25, -0.2) is 0 Å². The zero-order chi connectivity index (χ0) is 23.3. The van der Waals surface area contributed by atoms with E-state index in [1.807, 2.05) is 6.08 Å². The summed E-state index contributed by atoms with van der Waals surface area (Å²) in [7, 11) is 1.52. The molecule has 3 fully saturated rings. The lowest BCUT2D eigenvalue weighted by molar-refractivity contribution is -0.217. The van der Waals surface area contributed by atoms with Crippen molar-refractivity contribution in [1.82, 2.24) is 0 Å². The van der Waals surface area contributed by atoms with E-state index in [0.717, 1.165) is 25.7 Å². The highest BCUT2D eigenvalue weighted by atomic mass is 16.7. The van der Waals surface area contributed by atoms with Crippen molar-refractivity contribution in [1.29, 1.82) is 0 Å². The highest BCUT2D eigenvalue weighted by Crippen LogP contribution is 2.68. The van der Waals surface area contributed by atoms with E-state index in [4.69, 9.17) is 14.2 Å². The number of ether oxygens (including phenoxy) is 3. The molecule has 4 aliphatic carbocycles. The minimum atomic E-state index is -1.16. The van der Waals surface area contributed by atoms with Gasteiger partial charge in [0.25, 0.3) is 0 Å². The Kier molecular flexibility index (Phi) is 6.14. The first kappa shape index (κ1) is 23.6. The van der Waals surface area contributed by atoms with Crippen LogP contribution in [0.25, 0.3) is 0 Å². The molecular formula is C25H36O7. The molecule has 0 radical (unpaired) electrons. The molecule has 0 amide bonds. The predicted octanol–water partition coefficient (Wildman–Crippen LogP) is 2.98. The molecular weight excluding hydrogens is 412 g/mol. The molecule has 0 aliphatic heterocycles. The van der Waals surface area contributed by atoms with Gasteiger partial charge in [-0.1, -0.05) is 19.4 Å². The van der Waals surface area contributed by atoms with E-state index in [9.17, 15) is 19.5 Å². The molecule has 0 aromatic heterocycles. The van der Waals surface area contributed by atoms with Gasteiger partial charge in [0.1, 0.15) is 12.4 Å². The SMILES string of the molecule is COCO[C@]1(C(=O)COC(C)=O)CC[C@H]2[C@@H]3CCC4=CC(=O)CC[C@]4(C)[C@H]3[C@@H](O)C[C@@]21C. The second-order valence-corrected chi connectivity index (χ2v) is 10.7. The summed E-state index contributed by atoms with van der Waals surface area (Å²) in [5, 5.41) is 11.5. The number of hydrogen-bond donors (Lipinski definition) is 1. The number of carbonyl (C=O) groups excluding carboxylic acids is 3. The van der Waals surface area contributed by atoms with Gasteiger partial charge < -0.3 is 19.3 Å². The van der Waals surface area contributed by atoms with Crippen LogP contribution in [0.1, 0.15) is 65.7 Å². The van der Waals surface area contributed by atoms with Crippen LogP contribution in [0.5, 0.6) is 0 Å². The maximum Gasteiger partial charge on any atom is 0.303 e. The normalized spacial score (nSPS) is 43.0. The second kappa shape index (κ2) is 8.33. The minimum Gasteiger partial charge on any atom is -0.458 e. The standard InChI is InChI=1S/C25H36O7/c1-15(26)31-13-21(29)25(32-14-30-4)10-8-19-18-6-5-16-11-17(27)7-9-23(16,2)22(18)20(28)12-24(19,25)3/h11,18-20,22,28H,5-10,12-14H2,1-4H3/t18-,19-,20-,22+,23-,24-,25-/m0/s1. The molecule has 0 spiro atoms. The number of carbonyl (C=O) groups is 3. The number of esters is 1. The van der Waals surface area contributed by atoms with Crippen LogP contribution in [0.4, 0.5) is 0 Å². The fraction of sp³-hybridized carbons (Fsp3) is 0.800. The first-order valence-corrected chi connectivity index (χ1v) is 11.8. The average Bonchev–Trinajstić information content (AvgIpc) is 3.03. The maximum atomic E-state index is 13.4. The molecule has 7 atom stereocenters. The minimum absolute atomic E-state index is 0.0367. The quantitative estimate of drug-likeness (QED) is 0.493. The zero-order valence-corrected chi connectivity index (χ0v) is 19.6. The Morgan fingerprint density at radius 3 is 2.62 bits per heavy atom. The average molecular weight is 449 g/mol. The van der Waals surface area contributed by atoms with Crippen molar-refractivity contribution in [3.05, 3.63) is 11.6 Å². The fourth-order valence-electron chi connectivity index (χ4n) is 7.89. The fourth-order valence-corrected chi connectivity index (χ4v) is 7.89. The van der Waals surface area contributed by atoms with Gasteiger partial charge in [0.2, 0.25) is 5.78 Å². The van der Waals surface area contributed by atoms with Crippen LogP contribution in [-0.4, -0.2) is 54.9 Å². The van der Waals surface area contributed by atoms with Gasteiger partial charge in [-0.05, 0) is 67.8 Å². The Balaban J connectivity index is 1.69. The Hall–Kier alpha value is -1.57. The summed E-state index contributed by atoms with van der Waals surface area (Å²) in [4.78, 5) is 36.9. The van der Waals surface area contributed by atoms with Crippen molar-refractivity contribution < 1.29 is 33.7 Å². The summed E-state index contributed by atoms with van der Waals surface area (Å²) >= 11 is 0. The number of hydrogen-bond acceptors (Lipinski definition) is 7. The lowest BCUT2D eigenvalue weighted by Crippen LogP contribution is -2.63. The molecule has 0 bridgehead atoms. The van der Waals surface area contributed by atoms with Gasteiger partial charge >= 0.3 is 5.97 Å². The van der Waals surface area contributed by atoms with Crippen LogP contribution in [-0.2, 0) is 28.6 Å². The van der Waals surface area contributed by atoms with E-state index in [2.05, 4.69) is 13.8 Å². The molecule has 32 heavy (non-hydrogen) atoms. The molecule has 4 aliphatic rings. The van der Waals surface area contributed by atoms with Crippen LogP contribution in [0.2, 0.25) is 0 Å². The van der Waals surface area contributed by atoms with Gasteiger partial charge in [-0.3, -0.25) is 14.4 Å². The van der Waals surface area contributed by atoms with Crippen molar-refractivity contribution in [2.24, 2.45) is 28.6 Å². The summed E-state index contributed by atoms with van der Waals surface area (Å²) < 4.78 is 16.4. The number of ketones is 2. The number of aliphatic hydroxyl groups excluding tert-OH is 1. The number of methoxy groups -OCH3 is 1. The number of aliphatic hydroxyl groups is 1. The van der Waals surface area contributed by atoms with Gasteiger partial charge in [-0.15, -0.1) is 0 Å². The van der Waals surface area contributed by atoms with E-state index >= 15 is 0 Å². The summed E-state index contributed by atoms with van der Waals surface area (Å²) in [6.45, 7) is 5.18. The van der Waals surface area contributed by atoms with Crippen LogP contribution < -0.4 is 0 Å². The number of Topliss-reactive ketones (excluding diaryl/α,β-unsaturated/α-hetero) is 1. The smallest absolute Gasteiger partial charge is 0.303 e. The van der Waals surface area contributed by atoms with Gasteiger partial charge in [0.05, 0.1) is 6.10 Å². The topological polar surface area (TPSA) is 99.1 Å². The molecule has 178 valence electrons. The van der Waals surface area contributed by atoms with Gasteiger partial charge in [0, 0.05) is 25.9 Å². The Bertz CT molecular complexity index is 834. The summed E-state index contributed by atoms with van der Waals surface area (Å²) in [5.74, 6) is -0.0644. The zero-order valence-electron chi connectivity index (χ0n) is 19.6. The predicted molar refractivity (Wildman–Crippen MR) is 115 cm³/mol. The molecule has 7 heteroatoms. The molecule has 3 saturated carbocycles. The van der Waals surface area contributed by atoms with E-state index in [1.165, 1.54) is 19.6 Å². The van der Waals surface area contributed by atoms with E-state index < -0.39 is 23.1 Å². The third-order valence-corrected chi connectivity index (χ3v) is 9.30. The summed E-state index contributed by atoms with van der Waals surface area (Å²) in [6, 6.07) is 0. The lowest BCUT2D eigenvalue weighted by Gasteiger charge is -2.61. The van der Waals surface area contributed by atoms with Crippen molar-refractivity contribution >= 4 is 17.5 Å². The van der Waals surface area contributed by atoms with Gasteiger partial charge in [-0.2, -0.15) is 0 Å². The monoisotopic (exact) mass is 448 g/mol. The molecule has 7 nitrogen and oxygen atoms in total. The van der Waals surface area contributed by atoms with Crippen molar-refractivity contribution in [3.8, 4) is 0 Å². The third-order valence-electron chi connectivity index (χ3n) is 9.30. The molecule has 1 N–H and O–H groups in total. The largest absolute Gasteiger partial charge is 0.458 e. The van der Waals surface area contributed by atoms with E-state index in [-0.39, 0.29) is 48.1 Å². The summed E-state index contributed by atoms with van der Waals surface area (Å²) in [5.41, 5.74) is -0.749. The Morgan fingerprint density at radius 2 is 1.94 bits per heavy atom. The molecule has 0 heterocycles. The van der Waals surface area contributed by atoms with E-state index in [0.29, 0.717) is 19.3 Å². The Morgan fingerprint density at radius 1 is 1.19 bits per heavy atom. The maximum absolute atomic E-state index is 13.4. The second-order valence-electron chi connectivity index (χ2n) is 10.7. The Labute approximate surface area is 189 Å². The molecule has 4 rings (SSSR count). The van der Waals surface area contributed by atoms with Crippen LogP contribution in [0.15, 0.2) is 11.6 Å². The molecule has 0 unspecified atom stereocenters. The summed E-state index contributed by atoms with van der Waals surface area (Å²) in [6.07, 6.45) is 6.04. The molecule has 0 aromatic carbocycles. The van der Waals surface area contributed by atoms with Crippen molar-refractivity contribution in [2.45, 2.75) is 77.4 Å². The highest BCUT2D eigenvalue weighted by molar-refractivity contribution is 5.92. The van der Waals surface area contributed by atoms with Gasteiger partial charge in [0.15, 0.2) is 12.4 Å². The lowest BCUT2D eigenvalue weighted by atomic mass is 9.45. The van der Waals surface area contributed by atoms with Crippen molar-refractivity contribution in [3.63, 3.8) is 0 Å². The molecule has 0 saturated heterocycles. The van der Waals surface area contributed by atoms with Crippen LogP contribution in [0, 0.1) is 28.6 Å². The first-order chi connectivity index (χ1) is 15.1. The van der Waals surface area contributed by atoms with Crippen molar-refractivity contribution in [2.75, 3.05) is 20.5 Å². The number of allylic oxidation sites excluding steroid dienone is 1. The third kappa shape index (κ3) is 3.39. The van der Waals surface area contributed by atoms with E-state index in [1.54, 1.807) is 0 Å². The number of rotatable bonds is 6. The number of fused-ring (bicyclic) bond motifs is 5. The van der Waals surface area contributed by atoms with Crippen LogP contribution >= 0.6 is 0 Å². The first-order valence-electron chi connectivity index (χ1n) is 11.8. The van der Waals surface area contributed by atoms with Crippen LogP contribution in [0.3, 0.4) is 0 Å². The molecule has 0 aromatic rings. The highest BCUT2D eigenvalue weighted by Gasteiger charge is 2.69.